The van der Waals surface area contributed by atoms with Gasteiger partial charge in [-0.25, -0.2) is 0 Å². The van der Waals surface area contributed by atoms with E-state index in [-0.39, 0.29) is 0 Å². The van der Waals surface area contributed by atoms with Crippen LogP contribution in [0.1, 0.15) is 76.7 Å². The fourth-order valence-corrected chi connectivity index (χ4v) is 4.24. The Hall–Kier alpha value is -1.02. The highest BCUT2D eigenvalue weighted by molar-refractivity contribution is 5.33. The first-order valence-corrected chi connectivity index (χ1v) is 9.79. The molecular formula is C21H33NO. The van der Waals surface area contributed by atoms with Crippen molar-refractivity contribution in [2.45, 2.75) is 89.8 Å². The molecule has 3 rings (SSSR count). The van der Waals surface area contributed by atoms with E-state index in [9.17, 15) is 0 Å². The van der Waals surface area contributed by atoms with Gasteiger partial charge >= 0.3 is 0 Å². The first-order valence-electron chi connectivity index (χ1n) is 9.79. The van der Waals surface area contributed by atoms with E-state index in [0.717, 1.165) is 18.2 Å². The highest BCUT2D eigenvalue weighted by Crippen LogP contribution is 2.28. The maximum atomic E-state index is 6.25. The van der Waals surface area contributed by atoms with Gasteiger partial charge in [-0.2, -0.15) is 0 Å². The Morgan fingerprint density at radius 2 is 1.70 bits per heavy atom. The number of hydrogen-bond donors (Lipinski definition) is 1. The summed E-state index contributed by atoms with van der Waals surface area (Å²) in [4.78, 5) is 0. The molecule has 0 radical (unpaired) electrons. The van der Waals surface area contributed by atoms with Gasteiger partial charge in [0.25, 0.3) is 0 Å². The molecule has 0 bridgehead atoms. The number of benzene rings is 1. The molecule has 0 spiro atoms. The van der Waals surface area contributed by atoms with E-state index in [4.69, 9.17) is 4.74 Å². The van der Waals surface area contributed by atoms with E-state index in [1.807, 2.05) is 0 Å². The van der Waals surface area contributed by atoms with Crippen molar-refractivity contribution >= 4 is 0 Å². The molecule has 0 heterocycles. The fourth-order valence-electron chi connectivity index (χ4n) is 4.24. The number of para-hydroxylation sites is 1. The predicted molar refractivity (Wildman–Crippen MR) is 96.8 cm³/mol. The second kappa shape index (κ2) is 8.73. The molecule has 2 aliphatic carbocycles. The zero-order valence-corrected chi connectivity index (χ0v) is 14.7. The Labute approximate surface area is 142 Å². The number of ether oxygens (including phenoxy) is 1. The van der Waals surface area contributed by atoms with Crippen LogP contribution < -0.4 is 10.1 Å². The molecule has 2 nitrogen and oxygen atoms in total. The van der Waals surface area contributed by atoms with Crippen LogP contribution in [-0.4, -0.2) is 12.1 Å². The third kappa shape index (κ3) is 5.24. The average molecular weight is 316 g/mol. The van der Waals surface area contributed by atoms with Crippen LogP contribution >= 0.6 is 0 Å². The molecule has 23 heavy (non-hydrogen) atoms. The fraction of sp³-hybridized carbons (Fsp3) is 0.714. The summed E-state index contributed by atoms with van der Waals surface area (Å²) >= 11 is 0. The molecule has 1 aromatic rings. The van der Waals surface area contributed by atoms with Crippen molar-refractivity contribution in [3.8, 4) is 5.75 Å². The maximum absolute atomic E-state index is 6.25. The quantitative estimate of drug-likeness (QED) is 0.721. The minimum Gasteiger partial charge on any atom is -0.490 e. The lowest BCUT2D eigenvalue weighted by atomic mass is 9.85. The number of hydrogen-bond acceptors (Lipinski definition) is 2. The van der Waals surface area contributed by atoms with Crippen LogP contribution in [0.3, 0.4) is 0 Å². The Bertz CT molecular complexity index is 461. The zero-order chi connectivity index (χ0) is 15.9. The van der Waals surface area contributed by atoms with Crippen molar-refractivity contribution in [2.24, 2.45) is 5.92 Å². The van der Waals surface area contributed by atoms with E-state index in [1.165, 1.54) is 69.8 Å². The van der Waals surface area contributed by atoms with Gasteiger partial charge < -0.3 is 10.1 Å². The predicted octanol–water partition coefficient (Wildman–Crippen LogP) is 5.46. The Morgan fingerprint density at radius 1 is 1.00 bits per heavy atom. The van der Waals surface area contributed by atoms with E-state index in [1.54, 1.807) is 0 Å². The van der Waals surface area contributed by atoms with Gasteiger partial charge in [0.1, 0.15) is 5.75 Å². The molecule has 0 aromatic heterocycles. The molecule has 1 atom stereocenters. The summed E-state index contributed by atoms with van der Waals surface area (Å²) in [6.45, 7) is 3.27. The van der Waals surface area contributed by atoms with Crippen molar-refractivity contribution in [3.63, 3.8) is 0 Å². The van der Waals surface area contributed by atoms with Crippen molar-refractivity contribution < 1.29 is 4.74 Å². The minimum absolute atomic E-state index is 0.441. The van der Waals surface area contributed by atoms with Gasteiger partial charge in [0.05, 0.1) is 6.10 Å². The number of nitrogens with one attached hydrogen (secondary N) is 1. The molecular weight excluding hydrogens is 282 g/mol. The van der Waals surface area contributed by atoms with Crippen LogP contribution in [0, 0.1) is 5.92 Å². The normalized spacial score (nSPS) is 21.4. The monoisotopic (exact) mass is 315 g/mol. The molecule has 1 aromatic carbocycles. The molecule has 0 aliphatic heterocycles. The van der Waals surface area contributed by atoms with Crippen LogP contribution in [0.15, 0.2) is 24.3 Å². The van der Waals surface area contributed by atoms with Crippen LogP contribution in [-0.2, 0) is 6.54 Å². The van der Waals surface area contributed by atoms with E-state index < -0.39 is 0 Å². The summed E-state index contributed by atoms with van der Waals surface area (Å²) in [5.41, 5.74) is 1.31. The Kier molecular flexibility index (Phi) is 6.38. The second-order valence-corrected chi connectivity index (χ2v) is 7.65. The molecule has 2 heteroatoms. The lowest BCUT2D eigenvalue weighted by Crippen LogP contribution is -2.29. The lowest BCUT2D eigenvalue weighted by molar-refractivity contribution is 0.207. The third-order valence-corrected chi connectivity index (χ3v) is 5.62. The first kappa shape index (κ1) is 16.8. The third-order valence-electron chi connectivity index (χ3n) is 5.62. The molecule has 0 amide bonds. The first-order chi connectivity index (χ1) is 11.3. The van der Waals surface area contributed by atoms with E-state index in [0.29, 0.717) is 12.1 Å². The maximum Gasteiger partial charge on any atom is 0.124 e. The second-order valence-electron chi connectivity index (χ2n) is 7.65. The highest BCUT2D eigenvalue weighted by atomic mass is 16.5. The van der Waals surface area contributed by atoms with Crippen LogP contribution in [0.25, 0.3) is 0 Å². The summed E-state index contributed by atoms with van der Waals surface area (Å²) in [6, 6.07) is 9.17. The summed E-state index contributed by atoms with van der Waals surface area (Å²) in [7, 11) is 0. The molecule has 0 saturated heterocycles. The number of rotatable bonds is 7. The molecule has 1 unspecified atom stereocenters. The van der Waals surface area contributed by atoms with Gasteiger partial charge in [-0.05, 0) is 51.0 Å². The molecule has 2 saturated carbocycles. The molecule has 128 valence electrons. The molecule has 2 fully saturated rings. The summed E-state index contributed by atoms with van der Waals surface area (Å²) < 4.78 is 6.25. The smallest absolute Gasteiger partial charge is 0.124 e. The summed E-state index contributed by atoms with van der Waals surface area (Å²) in [6.07, 6.45) is 14.1. The van der Waals surface area contributed by atoms with Crippen molar-refractivity contribution in [1.29, 1.82) is 0 Å². The van der Waals surface area contributed by atoms with Gasteiger partial charge in [0, 0.05) is 18.2 Å². The minimum atomic E-state index is 0.441. The largest absolute Gasteiger partial charge is 0.490 e. The standard InChI is InChI=1S/C21H33NO/c1-17(15-18-9-3-2-4-10-18)22-16-19-11-5-8-14-21(19)23-20-12-6-7-13-20/h5,8,11,14,17-18,20,22H,2-4,6-7,9-10,12-13,15-16H2,1H3. The lowest BCUT2D eigenvalue weighted by Gasteiger charge is -2.25. The van der Waals surface area contributed by atoms with Crippen LogP contribution in [0.5, 0.6) is 5.75 Å². The van der Waals surface area contributed by atoms with Crippen molar-refractivity contribution in [3.05, 3.63) is 29.8 Å². The van der Waals surface area contributed by atoms with Crippen LogP contribution in [0.4, 0.5) is 0 Å². The topological polar surface area (TPSA) is 21.3 Å². The van der Waals surface area contributed by atoms with Crippen LogP contribution in [0.2, 0.25) is 0 Å². The van der Waals surface area contributed by atoms with Gasteiger partial charge in [0.2, 0.25) is 0 Å². The van der Waals surface area contributed by atoms with Crippen molar-refractivity contribution in [1.82, 2.24) is 5.32 Å². The Morgan fingerprint density at radius 3 is 2.48 bits per heavy atom. The average Bonchev–Trinajstić information content (AvgIpc) is 3.08. The highest BCUT2D eigenvalue weighted by Gasteiger charge is 2.19. The van der Waals surface area contributed by atoms with E-state index in [2.05, 4.69) is 36.5 Å². The van der Waals surface area contributed by atoms with Gasteiger partial charge in [0.15, 0.2) is 0 Å². The Balaban J connectivity index is 1.48. The molecule has 2 aliphatic rings. The van der Waals surface area contributed by atoms with Gasteiger partial charge in [-0.3, -0.25) is 0 Å². The van der Waals surface area contributed by atoms with Gasteiger partial charge in [-0.1, -0.05) is 50.3 Å². The summed E-state index contributed by atoms with van der Waals surface area (Å²) in [5.74, 6) is 2.04. The van der Waals surface area contributed by atoms with Crippen molar-refractivity contribution in [2.75, 3.05) is 0 Å². The zero-order valence-electron chi connectivity index (χ0n) is 14.7. The summed E-state index contributed by atoms with van der Waals surface area (Å²) in [5, 5.41) is 3.73. The van der Waals surface area contributed by atoms with E-state index >= 15 is 0 Å². The SMILES string of the molecule is CC(CC1CCCCC1)NCc1ccccc1OC1CCCC1. The molecule has 1 N–H and O–H groups in total. The van der Waals surface area contributed by atoms with Gasteiger partial charge in [-0.15, -0.1) is 0 Å².